The lowest BCUT2D eigenvalue weighted by atomic mass is 9.71. The highest BCUT2D eigenvalue weighted by molar-refractivity contribution is 5.41. The maximum atomic E-state index is 9.36. The Balaban J connectivity index is 1.76. The molecule has 0 bridgehead atoms. The number of nitrogens with zero attached hydrogens (tertiary/aromatic N) is 2. The molecule has 0 atom stereocenters. The standard InChI is InChI=1S/C13H19N3O/c14-13(7-11(17)8-13)10-3-4-12(15-9-10)16-5-1-2-6-16/h3-4,9,11,17H,1-2,5-8,14H2. The third-order valence-electron chi connectivity index (χ3n) is 3.95. The van der Waals surface area contributed by atoms with Crippen LogP contribution in [-0.4, -0.2) is 29.3 Å². The molecule has 2 heterocycles. The first kappa shape index (κ1) is 11.0. The molecule has 0 aromatic carbocycles. The minimum absolute atomic E-state index is 0.238. The van der Waals surface area contributed by atoms with Gasteiger partial charge in [-0.15, -0.1) is 0 Å². The van der Waals surface area contributed by atoms with E-state index >= 15 is 0 Å². The SMILES string of the molecule is NC1(c2ccc(N3CCCC3)nc2)CC(O)C1. The lowest BCUT2D eigenvalue weighted by Crippen LogP contribution is -2.51. The molecule has 3 rings (SSSR count). The maximum Gasteiger partial charge on any atom is 0.128 e. The van der Waals surface area contributed by atoms with E-state index in [2.05, 4.69) is 22.0 Å². The molecule has 1 aliphatic heterocycles. The topological polar surface area (TPSA) is 62.4 Å². The molecule has 0 unspecified atom stereocenters. The van der Waals surface area contributed by atoms with Gasteiger partial charge in [-0.05, 0) is 37.3 Å². The van der Waals surface area contributed by atoms with Gasteiger partial charge >= 0.3 is 0 Å². The largest absolute Gasteiger partial charge is 0.393 e. The van der Waals surface area contributed by atoms with E-state index in [0.29, 0.717) is 12.8 Å². The van der Waals surface area contributed by atoms with E-state index in [1.54, 1.807) is 0 Å². The first-order chi connectivity index (χ1) is 8.17. The molecular formula is C13H19N3O. The summed E-state index contributed by atoms with van der Waals surface area (Å²) in [5, 5.41) is 9.36. The van der Waals surface area contributed by atoms with Gasteiger partial charge in [-0.25, -0.2) is 4.98 Å². The van der Waals surface area contributed by atoms with E-state index in [1.807, 2.05) is 6.20 Å². The Morgan fingerprint density at radius 2 is 2.00 bits per heavy atom. The fraction of sp³-hybridized carbons (Fsp3) is 0.615. The first-order valence-electron chi connectivity index (χ1n) is 6.36. The zero-order valence-electron chi connectivity index (χ0n) is 9.97. The van der Waals surface area contributed by atoms with E-state index in [9.17, 15) is 5.11 Å². The lowest BCUT2D eigenvalue weighted by Gasteiger charge is -2.42. The molecule has 1 aliphatic carbocycles. The van der Waals surface area contributed by atoms with E-state index in [1.165, 1.54) is 12.8 Å². The molecule has 1 aromatic heterocycles. The van der Waals surface area contributed by atoms with Crippen molar-refractivity contribution < 1.29 is 5.11 Å². The second-order valence-corrected chi connectivity index (χ2v) is 5.32. The van der Waals surface area contributed by atoms with E-state index in [0.717, 1.165) is 24.5 Å². The van der Waals surface area contributed by atoms with Gasteiger partial charge in [0.1, 0.15) is 5.82 Å². The lowest BCUT2D eigenvalue weighted by molar-refractivity contribution is 0.0208. The summed E-state index contributed by atoms with van der Waals surface area (Å²) in [4.78, 5) is 6.81. The van der Waals surface area contributed by atoms with Crippen LogP contribution in [0.15, 0.2) is 18.3 Å². The summed E-state index contributed by atoms with van der Waals surface area (Å²) in [7, 11) is 0. The van der Waals surface area contributed by atoms with Gasteiger partial charge in [-0.3, -0.25) is 0 Å². The molecule has 1 aromatic rings. The molecule has 0 amide bonds. The van der Waals surface area contributed by atoms with Crippen LogP contribution < -0.4 is 10.6 Å². The highest BCUT2D eigenvalue weighted by Gasteiger charge is 2.41. The van der Waals surface area contributed by atoms with Gasteiger partial charge < -0.3 is 15.7 Å². The van der Waals surface area contributed by atoms with Crippen molar-refractivity contribution >= 4 is 5.82 Å². The van der Waals surface area contributed by atoms with Gasteiger partial charge in [-0.1, -0.05) is 6.07 Å². The van der Waals surface area contributed by atoms with Crippen molar-refractivity contribution in [3.05, 3.63) is 23.9 Å². The molecular weight excluding hydrogens is 214 g/mol. The Hall–Kier alpha value is -1.13. The van der Waals surface area contributed by atoms with Crippen LogP contribution in [-0.2, 0) is 5.54 Å². The van der Waals surface area contributed by atoms with Gasteiger partial charge in [0.05, 0.1) is 6.10 Å². The minimum Gasteiger partial charge on any atom is -0.393 e. The zero-order valence-corrected chi connectivity index (χ0v) is 9.97. The quantitative estimate of drug-likeness (QED) is 0.799. The number of pyridine rings is 1. The third kappa shape index (κ3) is 1.91. The van der Waals surface area contributed by atoms with Crippen molar-refractivity contribution in [3.63, 3.8) is 0 Å². The smallest absolute Gasteiger partial charge is 0.128 e. The number of nitrogens with two attached hydrogens (primary N) is 1. The van der Waals surface area contributed by atoms with Crippen molar-refractivity contribution in [1.29, 1.82) is 0 Å². The van der Waals surface area contributed by atoms with Crippen molar-refractivity contribution in [1.82, 2.24) is 4.98 Å². The maximum absolute atomic E-state index is 9.36. The average Bonchev–Trinajstić information content (AvgIpc) is 2.81. The van der Waals surface area contributed by atoms with Crippen molar-refractivity contribution in [2.75, 3.05) is 18.0 Å². The Morgan fingerprint density at radius 3 is 2.53 bits per heavy atom. The predicted molar refractivity (Wildman–Crippen MR) is 66.8 cm³/mol. The van der Waals surface area contributed by atoms with Crippen molar-refractivity contribution in [3.8, 4) is 0 Å². The highest BCUT2D eigenvalue weighted by Crippen LogP contribution is 2.39. The van der Waals surface area contributed by atoms with E-state index in [-0.39, 0.29) is 11.6 Å². The predicted octanol–water partition coefficient (Wildman–Crippen LogP) is 0.990. The normalized spacial score (nSPS) is 32.6. The van der Waals surface area contributed by atoms with Crippen LogP contribution in [0, 0.1) is 0 Å². The molecule has 3 N–H and O–H groups in total. The van der Waals surface area contributed by atoms with Gasteiger partial charge in [0, 0.05) is 24.8 Å². The summed E-state index contributed by atoms with van der Waals surface area (Å²) in [6, 6.07) is 4.12. The molecule has 4 heteroatoms. The van der Waals surface area contributed by atoms with Gasteiger partial charge in [0.25, 0.3) is 0 Å². The molecule has 1 saturated carbocycles. The summed E-state index contributed by atoms with van der Waals surface area (Å²) >= 11 is 0. The Labute approximate surface area is 101 Å². The fourth-order valence-corrected chi connectivity index (χ4v) is 2.83. The molecule has 0 radical (unpaired) electrons. The molecule has 4 nitrogen and oxygen atoms in total. The number of aliphatic hydroxyl groups excluding tert-OH is 1. The second kappa shape index (κ2) is 3.96. The average molecular weight is 233 g/mol. The Bertz CT molecular complexity index is 392. The summed E-state index contributed by atoms with van der Waals surface area (Å²) in [6.07, 6.45) is 5.46. The van der Waals surface area contributed by atoms with Crippen LogP contribution in [0.25, 0.3) is 0 Å². The number of aliphatic hydroxyl groups is 1. The molecule has 1 saturated heterocycles. The van der Waals surface area contributed by atoms with Crippen molar-refractivity contribution in [2.45, 2.75) is 37.3 Å². The summed E-state index contributed by atoms with van der Waals surface area (Å²) in [5.74, 6) is 1.05. The number of aromatic nitrogens is 1. The monoisotopic (exact) mass is 233 g/mol. The fourth-order valence-electron chi connectivity index (χ4n) is 2.83. The third-order valence-corrected chi connectivity index (χ3v) is 3.95. The number of anilines is 1. The van der Waals surface area contributed by atoms with Crippen LogP contribution in [0.2, 0.25) is 0 Å². The second-order valence-electron chi connectivity index (χ2n) is 5.32. The Morgan fingerprint density at radius 1 is 1.29 bits per heavy atom. The van der Waals surface area contributed by atoms with Crippen LogP contribution in [0.4, 0.5) is 5.82 Å². The minimum atomic E-state index is -0.351. The molecule has 92 valence electrons. The molecule has 0 spiro atoms. The zero-order chi connectivity index (χ0) is 11.9. The van der Waals surface area contributed by atoms with Crippen LogP contribution in [0.3, 0.4) is 0 Å². The first-order valence-corrected chi connectivity index (χ1v) is 6.36. The number of hydrogen-bond donors (Lipinski definition) is 2. The van der Waals surface area contributed by atoms with Crippen molar-refractivity contribution in [2.24, 2.45) is 5.73 Å². The van der Waals surface area contributed by atoms with E-state index in [4.69, 9.17) is 5.73 Å². The summed E-state index contributed by atoms with van der Waals surface area (Å²) < 4.78 is 0. The van der Waals surface area contributed by atoms with Crippen LogP contribution in [0.5, 0.6) is 0 Å². The molecule has 2 fully saturated rings. The van der Waals surface area contributed by atoms with Crippen LogP contribution in [0.1, 0.15) is 31.2 Å². The van der Waals surface area contributed by atoms with E-state index < -0.39 is 0 Å². The van der Waals surface area contributed by atoms with Crippen LogP contribution >= 0.6 is 0 Å². The Kier molecular flexibility index (Phi) is 2.56. The number of rotatable bonds is 2. The van der Waals surface area contributed by atoms with Gasteiger partial charge in [0.15, 0.2) is 0 Å². The molecule has 2 aliphatic rings. The van der Waals surface area contributed by atoms with Gasteiger partial charge in [0.2, 0.25) is 0 Å². The summed E-state index contributed by atoms with van der Waals surface area (Å²) in [6.45, 7) is 2.22. The highest BCUT2D eigenvalue weighted by atomic mass is 16.3. The molecule has 17 heavy (non-hydrogen) atoms. The number of hydrogen-bond acceptors (Lipinski definition) is 4. The summed E-state index contributed by atoms with van der Waals surface area (Å²) in [5.41, 5.74) is 6.90. The van der Waals surface area contributed by atoms with Gasteiger partial charge in [-0.2, -0.15) is 0 Å².